The maximum atomic E-state index is 4.56. The highest BCUT2D eigenvalue weighted by Gasteiger charge is 2.29. The minimum Gasteiger partial charge on any atom is -0.345 e. The second-order valence-corrected chi connectivity index (χ2v) is 6.05. The van der Waals surface area contributed by atoms with Gasteiger partial charge in [0.05, 0.1) is 0 Å². The molecule has 1 aliphatic rings. The minimum atomic E-state index is 0.594. The van der Waals surface area contributed by atoms with Gasteiger partial charge in [0.15, 0.2) is 0 Å². The summed E-state index contributed by atoms with van der Waals surface area (Å²) in [5.74, 6) is 1.70. The molecule has 84 valence electrons. The van der Waals surface area contributed by atoms with Crippen molar-refractivity contribution >= 4 is 32.6 Å². The van der Waals surface area contributed by atoms with E-state index >= 15 is 0 Å². The molecule has 0 radical (unpaired) electrons. The first-order chi connectivity index (χ1) is 7.20. The van der Waals surface area contributed by atoms with E-state index in [0.717, 1.165) is 36.9 Å². The number of rotatable bonds is 3. The number of halogens is 1. The lowest BCUT2D eigenvalue weighted by atomic mass is 10.2. The fraction of sp³-hybridized carbons (Fsp3) is 0.800. The fourth-order valence-electron chi connectivity index (χ4n) is 1.78. The Balaban J connectivity index is 2.04. The van der Waals surface area contributed by atoms with Crippen LogP contribution < -0.4 is 4.90 Å². The zero-order chi connectivity index (χ0) is 10.8. The first-order valence-electron chi connectivity index (χ1n) is 5.42. The Labute approximate surface area is 103 Å². The van der Waals surface area contributed by atoms with Crippen LogP contribution in [0, 0.1) is 5.92 Å². The molecule has 2 atom stereocenters. The number of nitrogens with zero attached hydrogens (tertiary/aromatic N) is 3. The standard InChI is InChI=1S/C10H16BrN3S/c1-3-4-9-12-10(15-13-9)14-5-7(2)8(11)6-14/h7-8H,3-6H2,1-2H3. The largest absolute Gasteiger partial charge is 0.345 e. The van der Waals surface area contributed by atoms with Crippen LogP contribution in [-0.2, 0) is 6.42 Å². The fourth-order valence-corrected chi connectivity index (χ4v) is 3.03. The van der Waals surface area contributed by atoms with Crippen LogP contribution in [0.25, 0.3) is 0 Å². The number of alkyl halides is 1. The van der Waals surface area contributed by atoms with E-state index in [1.165, 1.54) is 11.5 Å². The average molecular weight is 290 g/mol. The molecular formula is C10H16BrN3S. The summed E-state index contributed by atoms with van der Waals surface area (Å²) in [5, 5.41) is 1.09. The van der Waals surface area contributed by atoms with Gasteiger partial charge in [0.25, 0.3) is 0 Å². The molecule has 1 aromatic heterocycles. The van der Waals surface area contributed by atoms with Crippen molar-refractivity contribution in [2.24, 2.45) is 5.92 Å². The maximum Gasteiger partial charge on any atom is 0.205 e. The summed E-state index contributed by atoms with van der Waals surface area (Å²) in [6, 6.07) is 0. The van der Waals surface area contributed by atoms with Gasteiger partial charge >= 0.3 is 0 Å². The van der Waals surface area contributed by atoms with Gasteiger partial charge in [0.2, 0.25) is 5.13 Å². The molecule has 0 aliphatic carbocycles. The van der Waals surface area contributed by atoms with Crippen LogP contribution in [0.2, 0.25) is 0 Å². The quantitative estimate of drug-likeness (QED) is 0.802. The third-order valence-corrected chi connectivity index (χ3v) is 4.73. The molecule has 15 heavy (non-hydrogen) atoms. The molecule has 2 rings (SSSR count). The van der Waals surface area contributed by atoms with Gasteiger partial charge in [-0.3, -0.25) is 0 Å². The van der Waals surface area contributed by atoms with Gasteiger partial charge in [-0.15, -0.1) is 0 Å². The second kappa shape index (κ2) is 4.78. The molecular weight excluding hydrogens is 274 g/mol. The molecule has 3 nitrogen and oxygen atoms in total. The van der Waals surface area contributed by atoms with Gasteiger partial charge in [-0.1, -0.05) is 29.8 Å². The molecule has 1 aliphatic heterocycles. The summed E-state index contributed by atoms with van der Waals surface area (Å²) in [7, 11) is 0. The van der Waals surface area contributed by atoms with Gasteiger partial charge in [-0.05, 0) is 12.3 Å². The first kappa shape index (κ1) is 11.3. The van der Waals surface area contributed by atoms with E-state index in [0.29, 0.717) is 10.7 Å². The lowest BCUT2D eigenvalue weighted by Crippen LogP contribution is -2.19. The Hall–Kier alpha value is -0.160. The van der Waals surface area contributed by atoms with E-state index in [-0.39, 0.29) is 0 Å². The number of anilines is 1. The molecule has 2 unspecified atom stereocenters. The summed E-state index contributed by atoms with van der Waals surface area (Å²) < 4.78 is 4.37. The van der Waals surface area contributed by atoms with E-state index < -0.39 is 0 Å². The van der Waals surface area contributed by atoms with Crippen molar-refractivity contribution in [2.45, 2.75) is 31.5 Å². The SMILES string of the molecule is CCCc1nsc(N2CC(C)C(Br)C2)n1. The van der Waals surface area contributed by atoms with E-state index in [4.69, 9.17) is 0 Å². The molecule has 1 fully saturated rings. The molecule has 0 amide bonds. The molecule has 0 bridgehead atoms. The topological polar surface area (TPSA) is 29.0 Å². The van der Waals surface area contributed by atoms with Crippen molar-refractivity contribution in [3.63, 3.8) is 0 Å². The Morgan fingerprint density at radius 3 is 2.93 bits per heavy atom. The summed E-state index contributed by atoms with van der Waals surface area (Å²) in [4.78, 5) is 7.49. The zero-order valence-corrected chi connectivity index (χ0v) is 11.5. The molecule has 0 saturated carbocycles. The van der Waals surface area contributed by atoms with Crippen molar-refractivity contribution < 1.29 is 0 Å². The van der Waals surface area contributed by atoms with E-state index in [1.54, 1.807) is 0 Å². The summed E-state index contributed by atoms with van der Waals surface area (Å²) in [6.45, 7) is 6.58. The van der Waals surface area contributed by atoms with Gasteiger partial charge in [-0.25, -0.2) is 4.98 Å². The molecule has 1 saturated heterocycles. The van der Waals surface area contributed by atoms with Crippen LogP contribution in [0.1, 0.15) is 26.1 Å². The molecule has 0 spiro atoms. The summed E-state index contributed by atoms with van der Waals surface area (Å²) in [5.41, 5.74) is 0. The maximum absolute atomic E-state index is 4.56. The van der Waals surface area contributed by atoms with Crippen LogP contribution in [-0.4, -0.2) is 27.3 Å². The predicted octanol–water partition coefficient (Wildman–Crippen LogP) is 2.71. The Bertz CT molecular complexity index is 318. The van der Waals surface area contributed by atoms with E-state index in [1.807, 2.05) is 0 Å². The van der Waals surface area contributed by atoms with Crippen LogP contribution >= 0.6 is 27.5 Å². The highest BCUT2D eigenvalue weighted by Crippen LogP contribution is 2.29. The van der Waals surface area contributed by atoms with Gasteiger partial charge in [-0.2, -0.15) is 4.37 Å². The average Bonchev–Trinajstić information content (AvgIpc) is 2.76. The Kier molecular flexibility index (Phi) is 3.61. The van der Waals surface area contributed by atoms with E-state index in [9.17, 15) is 0 Å². The number of aromatic nitrogens is 2. The van der Waals surface area contributed by atoms with E-state index in [2.05, 4.69) is 44.0 Å². The van der Waals surface area contributed by atoms with Crippen molar-refractivity contribution in [1.82, 2.24) is 9.36 Å². The normalized spacial score (nSPS) is 26.2. The number of aryl methyl sites for hydroxylation is 1. The molecule has 2 heterocycles. The third kappa shape index (κ3) is 2.50. The van der Waals surface area contributed by atoms with Crippen molar-refractivity contribution in [2.75, 3.05) is 18.0 Å². The highest BCUT2D eigenvalue weighted by atomic mass is 79.9. The zero-order valence-electron chi connectivity index (χ0n) is 9.11. The second-order valence-electron chi connectivity index (χ2n) is 4.14. The van der Waals surface area contributed by atoms with Crippen molar-refractivity contribution in [3.8, 4) is 0 Å². The van der Waals surface area contributed by atoms with Crippen LogP contribution in [0.4, 0.5) is 5.13 Å². The lowest BCUT2D eigenvalue weighted by molar-refractivity contribution is 0.679. The van der Waals surface area contributed by atoms with Crippen LogP contribution in [0.3, 0.4) is 0 Å². The first-order valence-corrected chi connectivity index (χ1v) is 7.11. The van der Waals surface area contributed by atoms with Crippen LogP contribution in [0.15, 0.2) is 0 Å². The van der Waals surface area contributed by atoms with Crippen molar-refractivity contribution in [3.05, 3.63) is 5.82 Å². The van der Waals surface area contributed by atoms with Gasteiger partial charge < -0.3 is 4.90 Å². The van der Waals surface area contributed by atoms with Gasteiger partial charge in [0, 0.05) is 35.9 Å². The molecule has 5 heteroatoms. The Morgan fingerprint density at radius 2 is 2.33 bits per heavy atom. The predicted molar refractivity (Wildman–Crippen MR) is 68.0 cm³/mol. The van der Waals surface area contributed by atoms with Crippen molar-refractivity contribution in [1.29, 1.82) is 0 Å². The Morgan fingerprint density at radius 1 is 1.53 bits per heavy atom. The highest BCUT2D eigenvalue weighted by molar-refractivity contribution is 9.09. The number of hydrogen-bond donors (Lipinski definition) is 0. The minimum absolute atomic E-state index is 0.594. The number of hydrogen-bond acceptors (Lipinski definition) is 4. The monoisotopic (exact) mass is 289 g/mol. The van der Waals surface area contributed by atoms with Crippen LogP contribution in [0.5, 0.6) is 0 Å². The van der Waals surface area contributed by atoms with Gasteiger partial charge in [0.1, 0.15) is 5.82 Å². The summed E-state index contributed by atoms with van der Waals surface area (Å²) in [6.07, 6.45) is 2.12. The molecule has 0 N–H and O–H groups in total. The molecule has 1 aromatic rings. The summed E-state index contributed by atoms with van der Waals surface area (Å²) >= 11 is 5.23. The molecule has 0 aromatic carbocycles. The smallest absolute Gasteiger partial charge is 0.205 e. The lowest BCUT2D eigenvalue weighted by Gasteiger charge is -2.12. The third-order valence-electron chi connectivity index (χ3n) is 2.72.